The third-order valence-electron chi connectivity index (χ3n) is 4.05. The van der Waals surface area contributed by atoms with Crippen LogP contribution in [0, 0.1) is 11.3 Å². The lowest BCUT2D eigenvalue weighted by Crippen LogP contribution is -2.06. The van der Waals surface area contributed by atoms with E-state index in [-0.39, 0.29) is 12.5 Å². The predicted molar refractivity (Wildman–Crippen MR) is 108 cm³/mol. The van der Waals surface area contributed by atoms with Crippen molar-refractivity contribution in [3.05, 3.63) is 48.0 Å². The Morgan fingerprint density at radius 1 is 1.20 bits per heavy atom. The van der Waals surface area contributed by atoms with E-state index in [1.165, 1.54) is 0 Å². The summed E-state index contributed by atoms with van der Waals surface area (Å²) in [6, 6.07) is 14.4. The van der Waals surface area contributed by atoms with Crippen LogP contribution >= 0.6 is 0 Å². The number of carboxylic acid groups (broad SMARTS) is 1. The molecule has 0 aliphatic heterocycles. The number of carbonyl (C=O) groups is 1. The Labute approximate surface area is 173 Å². The highest BCUT2D eigenvalue weighted by molar-refractivity contribution is 5.66. The van der Waals surface area contributed by atoms with Crippen LogP contribution in [0.2, 0.25) is 0 Å². The standard InChI is InChI=1S/C22H21N3O5/c1-14(2)29-19-10-7-16(12-17(19)13-23)22-24-21(25-30-22)15-5-8-18(9-6-15)28-11-3-4-20(26)27/h5-10,12,14H,3-4,11H2,1-2H3,(H,26,27). The van der Waals surface area contributed by atoms with E-state index >= 15 is 0 Å². The van der Waals surface area contributed by atoms with E-state index < -0.39 is 5.97 Å². The maximum absolute atomic E-state index is 10.5. The van der Waals surface area contributed by atoms with E-state index in [0.717, 1.165) is 5.56 Å². The minimum atomic E-state index is -0.842. The molecule has 0 saturated carbocycles. The summed E-state index contributed by atoms with van der Waals surface area (Å²) in [5.41, 5.74) is 1.76. The first kappa shape index (κ1) is 20.9. The average Bonchev–Trinajstić information content (AvgIpc) is 3.21. The molecular formula is C22H21N3O5. The molecule has 2 aromatic carbocycles. The zero-order chi connectivity index (χ0) is 21.5. The molecule has 0 spiro atoms. The number of hydrogen-bond donors (Lipinski definition) is 1. The van der Waals surface area contributed by atoms with Gasteiger partial charge in [-0.25, -0.2) is 0 Å². The van der Waals surface area contributed by atoms with Gasteiger partial charge in [0.05, 0.1) is 18.3 Å². The van der Waals surface area contributed by atoms with Crippen molar-refractivity contribution in [2.75, 3.05) is 6.61 Å². The Morgan fingerprint density at radius 2 is 1.93 bits per heavy atom. The van der Waals surface area contributed by atoms with Gasteiger partial charge in [-0.1, -0.05) is 5.16 Å². The lowest BCUT2D eigenvalue weighted by Gasteiger charge is -2.11. The highest BCUT2D eigenvalue weighted by Crippen LogP contribution is 2.28. The Hall–Kier alpha value is -3.86. The Morgan fingerprint density at radius 3 is 2.60 bits per heavy atom. The summed E-state index contributed by atoms with van der Waals surface area (Å²) >= 11 is 0. The van der Waals surface area contributed by atoms with Crippen LogP contribution in [0.25, 0.3) is 22.8 Å². The number of hydrogen-bond acceptors (Lipinski definition) is 7. The highest BCUT2D eigenvalue weighted by atomic mass is 16.5. The molecule has 0 radical (unpaired) electrons. The number of ether oxygens (including phenoxy) is 2. The number of aliphatic carboxylic acids is 1. The lowest BCUT2D eigenvalue weighted by atomic mass is 10.1. The van der Waals surface area contributed by atoms with Crippen molar-refractivity contribution in [1.82, 2.24) is 10.1 Å². The first-order valence-electron chi connectivity index (χ1n) is 9.46. The second-order valence-electron chi connectivity index (χ2n) is 6.78. The van der Waals surface area contributed by atoms with E-state index in [1.54, 1.807) is 42.5 Å². The molecule has 0 aliphatic carbocycles. The zero-order valence-electron chi connectivity index (χ0n) is 16.7. The molecule has 1 heterocycles. The highest BCUT2D eigenvalue weighted by Gasteiger charge is 2.14. The Balaban J connectivity index is 1.70. The Bertz CT molecular complexity index is 1050. The van der Waals surface area contributed by atoms with E-state index in [9.17, 15) is 10.1 Å². The van der Waals surface area contributed by atoms with Crippen molar-refractivity contribution in [3.63, 3.8) is 0 Å². The second kappa shape index (κ2) is 9.56. The largest absolute Gasteiger partial charge is 0.494 e. The summed E-state index contributed by atoms with van der Waals surface area (Å²) in [5.74, 6) is 1.00. The number of nitriles is 1. The van der Waals surface area contributed by atoms with Gasteiger partial charge in [0.15, 0.2) is 0 Å². The molecule has 0 fully saturated rings. The van der Waals surface area contributed by atoms with Crippen LogP contribution in [0.1, 0.15) is 32.3 Å². The van der Waals surface area contributed by atoms with E-state index in [1.807, 2.05) is 13.8 Å². The number of aromatic nitrogens is 2. The summed E-state index contributed by atoms with van der Waals surface area (Å²) in [7, 11) is 0. The van der Waals surface area contributed by atoms with Crippen molar-refractivity contribution < 1.29 is 23.9 Å². The third kappa shape index (κ3) is 5.35. The smallest absolute Gasteiger partial charge is 0.303 e. The van der Waals surface area contributed by atoms with Crippen LogP contribution in [-0.4, -0.2) is 33.9 Å². The van der Waals surface area contributed by atoms with Gasteiger partial charge in [-0.15, -0.1) is 0 Å². The zero-order valence-corrected chi connectivity index (χ0v) is 16.7. The molecular weight excluding hydrogens is 386 g/mol. The fraction of sp³-hybridized carbons (Fsp3) is 0.273. The van der Waals surface area contributed by atoms with E-state index in [2.05, 4.69) is 16.2 Å². The molecule has 154 valence electrons. The Kier molecular flexibility index (Phi) is 6.65. The van der Waals surface area contributed by atoms with Gasteiger partial charge >= 0.3 is 5.97 Å². The second-order valence-corrected chi connectivity index (χ2v) is 6.78. The van der Waals surface area contributed by atoms with Gasteiger partial charge in [-0.2, -0.15) is 10.2 Å². The SMILES string of the molecule is CC(C)Oc1ccc(-c2nc(-c3ccc(OCCCC(=O)O)cc3)no2)cc1C#N. The van der Waals surface area contributed by atoms with Crippen LogP contribution in [0.15, 0.2) is 47.0 Å². The summed E-state index contributed by atoms with van der Waals surface area (Å²) in [6.45, 7) is 4.12. The van der Waals surface area contributed by atoms with Crippen molar-refractivity contribution in [2.45, 2.75) is 32.8 Å². The molecule has 1 aromatic heterocycles. The third-order valence-corrected chi connectivity index (χ3v) is 4.05. The van der Waals surface area contributed by atoms with Gasteiger partial charge in [0.25, 0.3) is 5.89 Å². The van der Waals surface area contributed by atoms with Gasteiger partial charge in [0.1, 0.15) is 17.6 Å². The molecule has 3 aromatic rings. The van der Waals surface area contributed by atoms with Crippen molar-refractivity contribution in [3.8, 4) is 40.4 Å². The minimum absolute atomic E-state index is 0.0397. The molecule has 0 aliphatic rings. The van der Waals surface area contributed by atoms with Crippen LogP contribution < -0.4 is 9.47 Å². The number of benzene rings is 2. The van der Waals surface area contributed by atoms with Gasteiger partial charge < -0.3 is 19.1 Å². The summed E-state index contributed by atoms with van der Waals surface area (Å²) < 4.78 is 16.5. The molecule has 0 bridgehead atoms. The number of carboxylic acids is 1. The van der Waals surface area contributed by atoms with Crippen LogP contribution in [-0.2, 0) is 4.79 Å². The van der Waals surface area contributed by atoms with Crippen LogP contribution in [0.4, 0.5) is 0 Å². The molecule has 1 N–H and O–H groups in total. The quantitative estimate of drug-likeness (QED) is 0.521. The minimum Gasteiger partial charge on any atom is -0.494 e. The van der Waals surface area contributed by atoms with E-state index in [4.69, 9.17) is 19.1 Å². The number of nitrogens with zero attached hydrogens (tertiary/aromatic N) is 3. The van der Waals surface area contributed by atoms with E-state index in [0.29, 0.717) is 47.4 Å². The summed E-state index contributed by atoms with van der Waals surface area (Å²) in [5, 5.41) is 22.0. The van der Waals surface area contributed by atoms with Gasteiger partial charge in [0.2, 0.25) is 5.82 Å². The van der Waals surface area contributed by atoms with Crippen LogP contribution in [0.5, 0.6) is 11.5 Å². The monoisotopic (exact) mass is 407 g/mol. The normalized spacial score (nSPS) is 10.6. The van der Waals surface area contributed by atoms with Gasteiger partial charge in [-0.05, 0) is 62.7 Å². The topological polar surface area (TPSA) is 118 Å². The van der Waals surface area contributed by atoms with Gasteiger partial charge in [0, 0.05) is 17.5 Å². The molecule has 8 nitrogen and oxygen atoms in total. The molecule has 30 heavy (non-hydrogen) atoms. The van der Waals surface area contributed by atoms with Crippen molar-refractivity contribution in [2.24, 2.45) is 0 Å². The first-order valence-corrected chi connectivity index (χ1v) is 9.46. The number of rotatable bonds is 9. The summed E-state index contributed by atoms with van der Waals surface area (Å²) in [6.07, 6.45) is 0.473. The van der Waals surface area contributed by atoms with Crippen LogP contribution in [0.3, 0.4) is 0 Å². The molecule has 0 unspecified atom stereocenters. The van der Waals surface area contributed by atoms with Crippen molar-refractivity contribution in [1.29, 1.82) is 5.26 Å². The fourth-order valence-corrected chi connectivity index (χ4v) is 2.68. The maximum Gasteiger partial charge on any atom is 0.303 e. The summed E-state index contributed by atoms with van der Waals surface area (Å²) in [4.78, 5) is 14.9. The van der Waals surface area contributed by atoms with Gasteiger partial charge in [-0.3, -0.25) is 4.79 Å². The molecule has 0 atom stereocenters. The molecule has 3 rings (SSSR count). The van der Waals surface area contributed by atoms with Crippen molar-refractivity contribution >= 4 is 5.97 Å². The lowest BCUT2D eigenvalue weighted by molar-refractivity contribution is -0.137. The average molecular weight is 407 g/mol. The maximum atomic E-state index is 10.5. The first-order chi connectivity index (χ1) is 14.5. The molecule has 0 amide bonds. The molecule has 8 heteroatoms. The fourth-order valence-electron chi connectivity index (χ4n) is 2.68. The predicted octanol–water partition coefficient (Wildman–Crippen LogP) is 4.31. The molecule has 0 saturated heterocycles.